The monoisotopic (exact) mass is 271 g/mol. The van der Waals surface area contributed by atoms with Crippen LogP contribution in [0.2, 0.25) is 0 Å². The summed E-state index contributed by atoms with van der Waals surface area (Å²) in [6, 6.07) is 0. The lowest BCUT2D eigenvalue weighted by atomic mass is 9.96. The van der Waals surface area contributed by atoms with E-state index < -0.39 is 0 Å². The van der Waals surface area contributed by atoms with Crippen LogP contribution in [-0.4, -0.2) is 15.5 Å². The molecule has 0 aromatic carbocycles. The summed E-state index contributed by atoms with van der Waals surface area (Å²) in [7, 11) is 1.93. The Morgan fingerprint density at radius 3 is 2.45 bits per heavy atom. The summed E-state index contributed by atoms with van der Waals surface area (Å²) in [4.78, 5) is 4.68. The van der Waals surface area contributed by atoms with Gasteiger partial charge in [-0.25, -0.2) is 0 Å². The molecule has 0 fully saturated rings. The second kappa shape index (κ2) is 7.04. The smallest absolute Gasteiger partial charge is 0.0689 e. The molecule has 1 aromatic heterocycles. The summed E-state index contributed by atoms with van der Waals surface area (Å²) in [6.07, 6.45) is 6.91. The number of hydrogen-bond acceptors (Lipinski definition) is 2. The molecule has 0 saturated carbocycles. The number of aromatic nitrogens is 2. The zero-order chi connectivity index (χ0) is 15.3. The highest BCUT2D eigenvalue weighted by atomic mass is 15.2. The highest BCUT2D eigenvalue weighted by molar-refractivity contribution is 5.84. The molecule has 0 atom stereocenters. The summed E-state index contributed by atoms with van der Waals surface area (Å²) < 4.78 is 1.81. The van der Waals surface area contributed by atoms with Crippen molar-refractivity contribution in [2.45, 2.75) is 41.0 Å². The molecule has 0 radical (unpaired) electrons. The van der Waals surface area contributed by atoms with Crippen molar-refractivity contribution in [2.24, 2.45) is 12.0 Å². The fourth-order valence-electron chi connectivity index (χ4n) is 2.11. The standard InChI is InChI=1S/C17H25N3/c1-8-13(5)17(19-12(3)4)14(6)16(9-2)15-10-18-20(7)11-15/h9-11H,5,8H2,1-4,6-7H3/b16-9+,17-14+. The molecule has 0 aliphatic rings. The number of rotatable bonds is 5. The molecule has 0 saturated heterocycles. The normalized spacial score (nSPS) is 13.0. The van der Waals surface area contributed by atoms with Gasteiger partial charge in [0.25, 0.3) is 0 Å². The number of aliphatic imine (C=N–C) groups is 1. The molecule has 0 spiro atoms. The molecule has 0 N–H and O–H groups in total. The van der Waals surface area contributed by atoms with Crippen LogP contribution in [0.25, 0.3) is 5.57 Å². The van der Waals surface area contributed by atoms with Crippen LogP contribution in [0.3, 0.4) is 0 Å². The van der Waals surface area contributed by atoms with Crippen LogP contribution in [0.1, 0.15) is 46.6 Å². The van der Waals surface area contributed by atoms with E-state index in [9.17, 15) is 0 Å². The van der Waals surface area contributed by atoms with Gasteiger partial charge in [0, 0.05) is 24.5 Å². The van der Waals surface area contributed by atoms with Gasteiger partial charge in [0.2, 0.25) is 0 Å². The molecule has 1 heterocycles. The van der Waals surface area contributed by atoms with E-state index in [1.165, 1.54) is 0 Å². The van der Waals surface area contributed by atoms with Crippen LogP contribution in [0, 0.1) is 0 Å². The fourth-order valence-corrected chi connectivity index (χ4v) is 2.11. The Kier molecular flexibility index (Phi) is 5.68. The van der Waals surface area contributed by atoms with Crippen molar-refractivity contribution >= 4 is 11.3 Å². The van der Waals surface area contributed by atoms with Crippen LogP contribution in [-0.2, 0) is 7.05 Å². The van der Waals surface area contributed by atoms with Crippen molar-refractivity contribution in [3.05, 3.63) is 47.5 Å². The number of nitrogens with zero attached hydrogens (tertiary/aromatic N) is 3. The van der Waals surface area contributed by atoms with Crippen LogP contribution in [0.15, 0.2) is 46.9 Å². The molecule has 108 valence electrons. The highest BCUT2D eigenvalue weighted by Gasteiger charge is 2.12. The lowest BCUT2D eigenvalue weighted by Crippen LogP contribution is -1.96. The van der Waals surface area contributed by atoms with Crippen LogP contribution < -0.4 is 0 Å². The van der Waals surface area contributed by atoms with E-state index in [1.54, 1.807) is 0 Å². The predicted octanol–water partition coefficient (Wildman–Crippen LogP) is 4.54. The maximum absolute atomic E-state index is 4.68. The maximum atomic E-state index is 4.68. The molecule has 1 rings (SSSR count). The van der Waals surface area contributed by atoms with Gasteiger partial charge >= 0.3 is 0 Å². The van der Waals surface area contributed by atoms with E-state index in [0.29, 0.717) is 0 Å². The van der Waals surface area contributed by atoms with Crippen molar-refractivity contribution in [1.82, 2.24) is 9.78 Å². The number of aryl methyl sites for hydroxylation is 1. The molecular weight excluding hydrogens is 246 g/mol. The Bertz CT molecular complexity index is 579. The Morgan fingerprint density at radius 2 is 2.05 bits per heavy atom. The van der Waals surface area contributed by atoms with Gasteiger partial charge in [-0.3, -0.25) is 9.67 Å². The minimum atomic E-state index is 0.896. The zero-order valence-electron chi connectivity index (χ0n) is 13.5. The van der Waals surface area contributed by atoms with Gasteiger partial charge in [0.05, 0.1) is 11.9 Å². The van der Waals surface area contributed by atoms with E-state index in [1.807, 2.05) is 44.9 Å². The predicted molar refractivity (Wildman–Crippen MR) is 87.8 cm³/mol. The molecule has 0 bridgehead atoms. The van der Waals surface area contributed by atoms with Crippen molar-refractivity contribution in [2.75, 3.05) is 0 Å². The van der Waals surface area contributed by atoms with Gasteiger partial charge in [-0.1, -0.05) is 19.6 Å². The van der Waals surface area contributed by atoms with Crippen molar-refractivity contribution in [1.29, 1.82) is 0 Å². The van der Waals surface area contributed by atoms with E-state index in [2.05, 4.69) is 36.6 Å². The van der Waals surface area contributed by atoms with Crippen LogP contribution in [0.5, 0.6) is 0 Å². The SMILES string of the molecule is C=C(CC)/C(N=C(C)C)=C(C)\C(=C/C)c1cnn(C)c1. The van der Waals surface area contributed by atoms with Gasteiger partial charge in [0.15, 0.2) is 0 Å². The Hall–Kier alpha value is -1.90. The average Bonchev–Trinajstić information content (AvgIpc) is 2.82. The van der Waals surface area contributed by atoms with E-state index in [4.69, 9.17) is 0 Å². The molecule has 3 heteroatoms. The van der Waals surface area contributed by atoms with E-state index in [0.717, 1.165) is 40.1 Å². The summed E-state index contributed by atoms with van der Waals surface area (Å²) in [5, 5.41) is 4.25. The van der Waals surface area contributed by atoms with Gasteiger partial charge in [0.1, 0.15) is 0 Å². The van der Waals surface area contributed by atoms with Gasteiger partial charge < -0.3 is 0 Å². The molecule has 3 nitrogen and oxygen atoms in total. The quantitative estimate of drug-likeness (QED) is 0.571. The van der Waals surface area contributed by atoms with E-state index >= 15 is 0 Å². The molecule has 0 unspecified atom stereocenters. The second-order valence-electron chi connectivity index (χ2n) is 5.09. The minimum Gasteiger partial charge on any atom is -0.275 e. The van der Waals surface area contributed by atoms with Gasteiger partial charge in [-0.15, -0.1) is 0 Å². The second-order valence-corrected chi connectivity index (χ2v) is 5.09. The summed E-state index contributed by atoms with van der Waals surface area (Å²) in [5.74, 6) is 0. The van der Waals surface area contributed by atoms with E-state index in [-0.39, 0.29) is 0 Å². The topological polar surface area (TPSA) is 30.2 Å². The maximum Gasteiger partial charge on any atom is 0.0689 e. The van der Waals surface area contributed by atoms with Crippen molar-refractivity contribution < 1.29 is 0 Å². The van der Waals surface area contributed by atoms with Crippen LogP contribution in [0.4, 0.5) is 0 Å². The largest absolute Gasteiger partial charge is 0.275 e. The van der Waals surface area contributed by atoms with Gasteiger partial charge in [-0.05, 0) is 50.8 Å². The van der Waals surface area contributed by atoms with Gasteiger partial charge in [-0.2, -0.15) is 5.10 Å². The zero-order valence-corrected chi connectivity index (χ0v) is 13.5. The lowest BCUT2D eigenvalue weighted by molar-refractivity contribution is 0.767. The Morgan fingerprint density at radius 1 is 1.40 bits per heavy atom. The molecular formula is C17H25N3. The minimum absolute atomic E-state index is 0.896. The number of hydrogen-bond donors (Lipinski definition) is 0. The van der Waals surface area contributed by atoms with Crippen molar-refractivity contribution in [3.8, 4) is 0 Å². The molecule has 1 aromatic rings. The molecule has 0 amide bonds. The van der Waals surface area contributed by atoms with Crippen LogP contribution >= 0.6 is 0 Å². The first kappa shape index (κ1) is 16.2. The van der Waals surface area contributed by atoms with Crippen molar-refractivity contribution in [3.63, 3.8) is 0 Å². The Balaban J connectivity index is 3.39. The molecule has 0 aliphatic carbocycles. The molecule has 20 heavy (non-hydrogen) atoms. The fraction of sp³-hybridized carbons (Fsp3) is 0.412. The summed E-state index contributed by atoms with van der Waals surface area (Å²) >= 11 is 0. The first-order valence-electron chi connectivity index (χ1n) is 6.97. The number of allylic oxidation sites excluding steroid dienone is 4. The highest BCUT2D eigenvalue weighted by Crippen LogP contribution is 2.29. The first-order chi connectivity index (χ1) is 9.40. The third kappa shape index (κ3) is 3.80. The summed E-state index contributed by atoms with van der Waals surface area (Å²) in [6.45, 7) is 14.4. The third-order valence-corrected chi connectivity index (χ3v) is 3.16. The average molecular weight is 271 g/mol. The molecule has 0 aliphatic heterocycles. The lowest BCUT2D eigenvalue weighted by Gasteiger charge is -2.13. The summed E-state index contributed by atoms with van der Waals surface area (Å²) in [5.41, 5.74) is 6.51. The Labute approximate surface area is 122 Å². The first-order valence-corrected chi connectivity index (χ1v) is 6.97. The third-order valence-electron chi connectivity index (χ3n) is 3.16.